The molecular weight excluding hydrogens is 361 g/mol. The third kappa shape index (κ3) is 4.35. The highest BCUT2D eigenvalue weighted by Crippen LogP contribution is 2.31. The van der Waals surface area contributed by atoms with Crippen LogP contribution in [0.1, 0.15) is 38.0 Å². The molecule has 25 heavy (non-hydrogen) atoms. The maximum absolute atomic E-state index is 12.2. The summed E-state index contributed by atoms with van der Waals surface area (Å²) in [5.41, 5.74) is 6.35. The number of amides is 1. The van der Waals surface area contributed by atoms with Crippen LogP contribution < -0.4 is 11.1 Å². The van der Waals surface area contributed by atoms with Gasteiger partial charge in [-0.2, -0.15) is 0 Å². The van der Waals surface area contributed by atoms with E-state index in [2.05, 4.69) is 10.3 Å². The molecule has 0 saturated heterocycles. The fourth-order valence-corrected chi connectivity index (χ4v) is 3.75. The summed E-state index contributed by atoms with van der Waals surface area (Å²) in [7, 11) is 0. The van der Waals surface area contributed by atoms with Crippen molar-refractivity contribution in [2.24, 2.45) is 5.73 Å². The number of carbonyl (C=O) groups is 1. The average Bonchev–Trinajstić information content (AvgIpc) is 3.23. The second-order valence-corrected chi connectivity index (χ2v) is 7.33. The first-order chi connectivity index (χ1) is 12.0. The van der Waals surface area contributed by atoms with E-state index >= 15 is 0 Å². The van der Waals surface area contributed by atoms with Crippen molar-refractivity contribution in [3.63, 3.8) is 0 Å². The molecule has 3 rings (SSSR count). The van der Waals surface area contributed by atoms with Gasteiger partial charge in [-0.1, -0.05) is 36.0 Å². The van der Waals surface area contributed by atoms with Crippen LogP contribution >= 0.6 is 23.2 Å². The molecule has 1 aliphatic carbocycles. The molecule has 0 atom stereocenters. The number of rotatable bonds is 6. The monoisotopic (exact) mass is 381 g/mol. The number of halogens is 2. The van der Waals surface area contributed by atoms with E-state index in [0.717, 1.165) is 31.2 Å². The SMILES string of the molecule is NCC1(NC(=O)CCc2ncc(-c3ccc(Cl)cc3Cl)o2)CCCC1. The van der Waals surface area contributed by atoms with Gasteiger partial charge in [-0.05, 0) is 31.0 Å². The molecule has 7 heteroatoms. The molecule has 1 amide bonds. The average molecular weight is 382 g/mol. The Labute approximate surface area is 156 Å². The molecule has 1 fully saturated rings. The second-order valence-electron chi connectivity index (χ2n) is 6.48. The molecule has 5 nitrogen and oxygen atoms in total. The van der Waals surface area contributed by atoms with Crippen molar-refractivity contribution in [1.82, 2.24) is 10.3 Å². The van der Waals surface area contributed by atoms with E-state index in [9.17, 15) is 4.79 Å². The summed E-state index contributed by atoms with van der Waals surface area (Å²) in [5, 5.41) is 4.16. The lowest BCUT2D eigenvalue weighted by Crippen LogP contribution is -2.51. The van der Waals surface area contributed by atoms with Gasteiger partial charge in [0.2, 0.25) is 5.91 Å². The van der Waals surface area contributed by atoms with Crippen LogP contribution in [0.25, 0.3) is 11.3 Å². The van der Waals surface area contributed by atoms with Gasteiger partial charge in [-0.15, -0.1) is 0 Å². The van der Waals surface area contributed by atoms with Crippen molar-refractivity contribution < 1.29 is 9.21 Å². The third-order valence-electron chi connectivity index (χ3n) is 4.67. The zero-order valence-corrected chi connectivity index (χ0v) is 15.4. The van der Waals surface area contributed by atoms with Crippen LogP contribution in [0, 0.1) is 0 Å². The molecule has 134 valence electrons. The zero-order chi connectivity index (χ0) is 17.9. The number of nitrogens with zero attached hydrogens (tertiary/aromatic N) is 1. The minimum Gasteiger partial charge on any atom is -0.441 e. The molecule has 0 spiro atoms. The first-order valence-electron chi connectivity index (χ1n) is 8.42. The van der Waals surface area contributed by atoms with E-state index < -0.39 is 0 Å². The molecule has 2 aromatic rings. The lowest BCUT2D eigenvalue weighted by Gasteiger charge is -2.28. The van der Waals surface area contributed by atoms with E-state index in [-0.39, 0.29) is 11.4 Å². The van der Waals surface area contributed by atoms with Gasteiger partial charge in [-0.3, -0.25) is 4.79 Å². The normalized spacial score (nSPS) is 16.1. The standard InChI is InChI=1S/C18H21Cl2N3O2/c19-12-3-4-13(14(20)9-12)15-10-22-17(25-15)6-5-16(24)23-18(11-21)7-1-2-8-18/h3-4,9-10H,1-2,5-8,11,21H2,(H,23,24). The largest absolute Gasteiger partial charge is 0.441 e. The fraction of sp³-hybridized carbons (Fsp3) is 0.444. The maximum Gasteiger partial charge on any atom is 0.220 e. The second kappa shape index (κ2) is 7.77. The molecule has 3 N–H and O–H groups in total. The predicted octanol–water partition coefficient (Wildman–Crippen LogP) is 3.97. The minimum absolute atomic E-state index is 0.0170. The Kier molecular flexibility index (Phi) is 5.67. The lowest BCUT2D eigenvalue weighted by molar-refractivity contribution is -0.122. The first-order valence-corrected chi connectivity index (χ1v) is 9.18. The van der Waals surface area contributed by atoms with E-state index in [4.69, 9.17) is 33.4 Å². The number of hydrogen-bond acceptors (Lipinski definition) is 4. The van der Waals surface area contributed by atoms with Gasteiger partial charge in [0.05, 0.1) is 16.8 Å². The number of aromatic nitrogens is 1. The van der Waals surface area contributed by atoms with E-state index in [0.29, 0.717) is 41.1 Å². The van der Waals surface area contributed by atoms with Gasteiger partial charge in [0.15, 0.2) is 11.7 Å². The van der Waals surface area contributed by atoms with Crippen molar-refractivity contribution in [3.05, 3.63) is 40.3 Å². The van der Waals surface area contributed by atoms with Crippen LogP contribution in [0.15, 0.2) is 28.8 Å². The molecule has 1 aliphatic rings. The Morgan fingerprint density at radius 2 is 2.08 bits per heavy atom. The first kappa shape index (κ1) is 18.2. The quantitative estimate of drug-likeness (QED) is 0.792. The molecule has 1 aromatic heterocycles. The van der Waals surface area contributed by atoms with Gasteiger partial charge in [0.1, 0.15) is 0 Å². The zero-order valence-electron chi connectivity index (χ0n) is 13.9. The summed E-state index contributed by atoms with van der Waals surface area (Å²) in [6, 6.07) is 5.18. The number of oxazole rings is 1. The van der Waals surface area contributed by atoms with E-state index in [1.54, 1.807) is 24.4 Å². The summed E-state index contributed by atoms with van der Waals surface area (Å²) >= 11 is 12.1. The Hall–Kier alpha value is -1.56. The van der Waals surface area contributed by atoms with E-state index in [1.165, 1.54) is 0 Å². The molecular formula is C18H21Cl2N3O2. The summed E-state index contributed by atoms with van der Waals surface area (Å²) in [6.07, 6.45) is 6.49. The molecule has 0 aliphatic heterocycles. The molecule has 1 saturated carbocycles. The Morgan fingerprint density at radius 3 is 2.76 bits per heavy atom. The third-order valence-corrected chi connectivity index (χ3v) is 5.22. The van der Waals surface area contributed by atoms with Gasteiger partial charge in [-0.25, -0.2) is 4.98 Å². The molecule has 0 bridgehead atoms. The van der Waals surface area contributed by atoms with Gasteiger partial charge < -0.3 is 15.5 Å². The van der Waals surface area contributed by atoms with Gasteiger partial charge >= 0.3 is 0 Å². The van der Waals surface area contributed by atoms with Crippen molar-refractivity contribution >= 4 is 29.1 Å². The minimum atomic E-state index is -0.227. The highest BCUT2D eigenvalue weighted by atomic mass is 35.5. The van der Waals surface area contributed by atoms with Gasteiger partial charge in [0.25, 0.3) is 0 Å². The summed E-state index contributed by atoms with van der Waals surface area (Å²) in [4.78, 5) is 16.5. The van der Waals surface area contributed by atoms with Crippen molar-refractivity contribution in [1.29, 1.82) is 0 Å². The summed E-state index contributed by atoms with van der Waals surface area (Å²) in [5.74, 6) is 1.05. The summed E-state index contributed by atoms with van der Waals surface area (Å²) in [6.45, 7) is 0.483. The van der Waals surface area contributed by atoms with Crippen LogP contribution in [-0.4, -0.2) is 23.0 Å². The Morgan fingerprint density at radius 1 is 1.32 bits per heavy atom. The van der Waals surface area contributed by atoms with Crippen LogP contribution in [-0.2, 0) is 11.2 Å². The number of nitrogens with two attached hydrogens (primary N) is 1. The Bertz CT molecular complexity index is 755. The number of benzene rings is 1. The molecule has 0 radical (unpaired) electrons. The fourth-order valence-electron chi connectivity index (χ4n) is 3.25. The lowest BCUT2D eigenvalue weighted by atomic mass is 9.97. The topological polar surface area (TPSA) is 81.1 Å². The smallest absolute Gasteiger partial charge is 0.220 e. The predicted molar refractivity (Wildman–Crippen MR) is 98.7 cm³/mol. The van der Waals surface area contributed by atoms with Crippen molar-refractivity contribution in [2.45, 2.75) is 44.1 Å². The number of nitrogens with one attached hydrogen (secondary N) is 1. The van der Waals surface area contributed by atoms with Crippen molar-refractivity contribution in [2.75, 3.05) is 6.54 Å². The number of carbonyl (C=O) groups excluding carboxylic acids is 1. The maximum atomic E-state index is 12.2. The Balaban J connectivity index is 1.59. The van der Waals surface area contributed by atoms with Crippen LogP contribution in [0.5, 0.6) is 0 Å². The molecule has 1 aromatic carbocycles. The van der Waals surface area contributed by atoms with Crippen LogP contribution in [0.3, 0.4) is 0 Å². The van der Waals surface area contributed by atoms with Gasteiger partial charge in [0, 0.05) is 30.0 Å². The van der Waals surface area contributed by atoms with Crippen LogP contribution in [0.4, 0.5) is 0 Å². The highest BCUT2D eigenvalue weighted by molar-refractivity contribution is 6.36. The van der Waals surface area contributed by atoms with Crippen molar-refractivity contribution in [3.8, 4) is 11.3 Å². The molecule has 1 heterocycles. The van der Waals surface area contributed by atoms with E-state index in [1.807, 2.05) is 0 Å². The molecule has 0 unspecified atom stereocenters. The summed E-state index contributed by atoms with van der Waals surface area (Å²) < 4.78 is 5.72. The highest BCUT2D eigenvalue weighted by Gasteiger charge is 2.33. The number of aryl methyl sites for hydroxylation is 1. The van der Waals surface area contributed by atoms with Crippen LogP contribution in [0.2, 0.25) is 10.0 Å². The number of hydrogen-bond donors (Lipinski definition) is 2.